The van der Waals surface area contributed by atoms with Crippen molar-refractivity contribution in [1.29, 1.82) is 0 Å². The molecule has 0 bridgehead atoms. The number of ether oxygens (including phenoxy) is 3. The first-order valence-electron chi connectivity index (χ1n) is 10.8. The summed E-state index contributed by atoms with van der Waals surface area (Å²) in [6.07, 6.45) is 1.10. The average Bonchev–Trinajstić information content (AvgIpc) is 2.85. The number of carboxylic acid groups (broad SMARTS) is 1. The monoisotopic (exact) mass is 504 g/mol. The van der Waals surface area contributed by atoms with E-state index in [0.29, 0.717) is 54.4 Å². The van der Waals surface area contributed by atoms with Crippen molar-refractivity contribution in [3.63, 3.8) is 0 Å². The summed E-state index contributed by atoms with van der Waals surface area (Å²) in [5.41, 5.74) is 2.15. The summed E-state index contributed by atoms with van der Waals surface area (Å²) in [6, 6.07) is 17.6. The van der Waals surface area contributed by atoms with Gasteiger partial charge in [-0.15, -0.1) is 0 Å². The van der Waals surface area contributed by atoms with Gasteiger partial charge in [-0.3, -0.25) is 9.59 Å². The maximum absolute atomic E-state index is 12.4. The first-order chi connectivity index (χ1) is 16.4. The topological polar surface area (TPSA) is 94.1 Å². The van der Waals surface area contributed by atoms with Gasteiger partial charge in [-0.05, 0) is 60.9 Å². The van der Waals surface area contributed by atoms with E-state index < -0.39 is 11.9 Å². The molecule has 1 amide bonds. The van der Waals surface area contributed by atoms with Crippen LogP contribution in [0.3, 0.4) is 0 Å². The standard InChI is InChI=1S/C26H24ClNO6.Na/c1-32-18-6-2-16(3-7-18)10-12-28-25(29)17-4-8-19(9-5-17)34-24-15-23-21(14-22(24)27)20(26(30)31)11-13-33-23;/h2-9,14-15,20H,10-13H2,1H3,(H,28,29)(H,30,31);. The summed E-state index contributed by atoms with van der Waals surface area (Å²) in [7, 11) is 1.62. The van der Waals surface area contributed by atoms with Crippen molar-refractivity contribution >= 4 is 53.0 Å². The van der Waals surface area contributed by atoms with Crippen LogP contribution in [0.15, 0.2) is 60.7 Å². The summed E-state index contributed by atoms with van der Waals surface area (Å²) in [6.45, 7) is 0.818. The van der Waals surface area contributed by atoms with E-state index in [-0.39, 0.29) is 40.5 Å². The summed E-state index contributed by atoms with van der Waals surface area (Å²) in [4.78, 5) is 23.9. The van der Waals surface area contributed by atoms with Crippen LogP contribution in [0.25, 0.3) is 0 Å². The van der Waals surface area contributed by atoms with Gasteiger partial charge in [0.25, 0.3) is 5.91 Å². The summed E-state index contributed by atoms with van der Waals surface area (Å²) in [5.74, 6) is 0.338. The fourth-order valence-electron chi connectivity index (χ4n) is 3.74. The molecule has 7 nitrogen and oxygen atoms in total. The molecule has 1 aliphatic rings. The number of fused-ring (bicyclic) bond motifs is 1. The van der Waals surface area contributed by atoms with Gasteiger partial charge in [0, 0.05) is 53.3 Å². The molecule has 0 spiro atoms. The molecular weight excluding hydrogens is 481 g/mol. The maximum Gasteiger partial charge on any atom is 0.311 e. The van der Waals surface area contributed by atoms with Crippen molar-refractivity contribution in [2.24, 2.45) is 0 Å². The Kier molecular flexibility index (Phi) is 9.46. The first kappa shape index (κ1) is 26.9. The molecule has 0 saturated carbocycles. The van der Waals surface area contributed by atoms with E-state index in [1.807, 2.05) is 24.3 Å². The van der Waals surface area contributed by atoms with Crippen molar-refractivity contribution in [2.75, 3.05) is 20.3 Å². The largest absolute Gasteiger partial charge is 0.497 e. The number of hydrogen-bond acceptors (Lipinski definition) is 5. The number of methoxy groups -OCH3 is 1. The molecule has 0 aliphatic carbocycles. The third-order valence-electron chi connectivity index (χ3n) is 5.60. The normalized spacial score (nSPS) is 14.1. The number of aliphatic carboxylic acids is 1. The number of nitrogens with one attached hydrogen (secondary N) is 1. The molecule has 1 atom stereocenters. The van der Waals surface area contributed by atoms with Crippen molar-refractivity contribution in [3.8, 4) is 23.0 Å². The number of amides is 1. The van der Waals surface area contributed by atoms with Crippen molar-refractivity contribution < 1.29 is 28.9 Å². The first-order valence-corrected chi connectivity index (χ1v) is 11.2. The Labute approximate surface area is 230 Å². The number of halogens is 1. The molecule has 2 N–H and O–H groups in total. The Morgan fingerprint density at radius 1 is 1.09 bits per heavy atom. The minimum atomic E-state index is -0.910. The smallest absolute Gasteiger partial charge is 0.311 e. The number of carboxylic acids is 1. The molecule has 3 aromatic carbocycles. The Bertz CT molecular complexity index is 1180. The van der Waals surface area contributed by atoms with E-state index in [1.165, 1.54) is 0 Å². The van der Waals surface area contributed by atoms with Crippen LogP contribution in [0.1, 0.15) is 33.8 Å². The van der Waals surface area contributed by atoms with Crippen LogP contribution >= 0.6 is 11.6 Å². The molecule has 1 aliphatic heterocycles. The predicted octanol–water partition coefficient (Wildman–Crippen LogP) is 4.68. The van der Waals surface area contributed by atoms with Gasteiger partial charge in [0.05, 0.1) is 24.7 Å². The predicted molar refractivity (Wildman–Crippen MR) is 133 cm³/mol. The van der Waals surface area contributed by atoms with Gasteiger partial charge >= 0.3 is 5.97 Å². The Balaban J connectivity index is 0.00000342. The van der Waals surface area contributed by atoms with Gasteiger partial charge in [0.15, 0.2) is 0 Å². The summed E-state index contributed by atoms with van der Waals surface area (Å²) in [5, 5.41) is 12.6. The third-order valence-corrected chi connectivity index (χ3v) is 5.90. The molecule has 0 saturated heterocycles. The van der Waals surface area contributed by atoms with E-state index in [0.717, 1.165) is 11.3 Å². The molecule has 9 heteroatoms. The molecule has 177 valence electrons. The second-order valence-corrected chi connectivity index (χ2v) is 8.24. The van der Waals surface area contributed by atoms with E-state index in [4.69, 9.17) is 25.8 Å². The Morgan fingerprint density at radius 2 is 1.77 bits per heavy atom. The van der Waals surface area contributed by atoms with Crippen molar-refractivity contribution in [2.45, 2.75) is 18.8 Å². The number of carbonyl (C=O) groups excluding carboxylic acids is 1. The Hall–Kier alpha value is -2.71. The van der Waals surface area contributed by atoms with E-state index in [2.05, 4.69) is 5.32 Å². The van der Waals surface area contributed by atoms with Gasteiger partial charge in [-0.1, -0.05) is 23.7 Å². The fourth-order valence-corrected chi connectivity index (χ4v) is 3.95. The molecule has 1 heterocycles. The molecular formula is C26H24ClNNaO6. The van der Waals surface area contributed by atoms with Gasteiger partial charge in [0.1, 0.15) is 23.0 Å². The van der Waals surface area contributed by atoms with Crippen LogP contribution < -0.4 is 19.5 Å². The van der Waals surface area contributed by atoms with Crippen molar-refractivity contribution in [3.05, 3.63) is 82.4 Å². The zero-order valence-corrected chi connectivity index (χ0v) is 22.3. The van der Waals surface area contributed by atoms with Crippen LogP contribution in [0.5, 0.6) is 23.0 Å². The number of rotatable bonds is 8. The minimum Gasteiger partial charge on any atom is -0.497 e. The van der Waals surface area contributed by atoms with Crippen LogP contribution in [0, 0.1) is 0 Å². The van der Waals surface area contributed by atoms with E-state index in [9.17, 15) is 14.7 Å². The summed E-state index contributed by atoms with van der Waals surface area (Å²) < 4.78 is 16.6. The molecule has 1 radical (unpaired) electrons. The van der Waals surface area contributed by atoms with Gasteiger partial charge in [-0.25, -0.2) is 0 Å². The molecule has 1 unspecified atom stereocenters. The SMILES string of the molecule is COc1ccc(CCNC(=O)c2ccc(Oc3cc4c(cc3Cl)C(C(=O)O)CCO4)cc2)cc1.[Na]. The van der Waals surface area contributed by atoms with Crippen LogP contribution in [-0.2, 0) is 11.2 Å². The second kappa shape index (κ2) is 12.3. The van der Waals surface area contributed by atoms with E-state index in [1.54, 1.807) is 43.5 Å². The molecule has 0 fully saturated rings. The number of benzene rings is 3. The van der Waals surface area contributed by atoms with Gasteiger partial charge in [0.2, 0.25) is 0 Å². The van der Waals surface area contributed by atoms with Crippen LogP contribution in [0.4, 0.5) is 0 Å². The number of hydrogen-bond donors (Lipinski definition) is 2. The average molecular weight is 505 g/mol. The number of carbonyl (C=O) groups is 2. The van der Waals surface area contributed by atoms with Crippen LogP contribution in [0.2, 0.25) is 5.02 Å². The quantitative estimate of drug-likeness (QED) is 0.432. The zero-order chi connectivity index (χ0) is 24.1. The molecule has 4 rings (SSSR count). The molecule has 35 heavy (non-hydrogen) atoms. The zero-order valence-electron chi connectivity index (χ0n) is 19.5. The van der Waals surface area contributed by atoms with Gasteiger partial charge in [-0.2, -0.15) is 0 Å². The maximum atomic E-state index is 12.4. The van der Waals surface area contributed by atoms with Gasteiger partial charge < -0.3 is 24.6 Å². The second-order valence-electron chi connectivity index (χ2n) is 7.83. The molecule has 3 aromatic rings. The third kappa shape index (κ3) is 6.70. The Morgan fingerprint density at radius 3 is 2.43 bits per heavy atom. The molecule has 0 aromatic heterocycles. The minimum absolute atomic E-state index is 0. The van der Waals surface area contributed by atoms with Crippen molar-refractivity contribution in [1.82, 2.24) is 5.32 Å². The summed E-state index contributed by atoms with van der Waals surface area (Å²) >= 11 is 6.34. The fraction of sp³-hybridized carbons (Fsp3) is 0.231. The van der Waals surface area contributed by atoms with E-state index >= 15 is 0 Å². The van der Waals surface area contributed by atoms with Crippen LogP contribution in [-0.4, -0.2) is 66.8 Å².